The minimum atomic E-state index is -4.44. The third kappa shape index (κ3) is 4.76. The Labute approximate surface area is 232 Å². The van der Waals surface area contributed by atoms with Crippen LogP contribution in [0.15, 0.2) is 79.3 Å². The number of hydrogen-bond donors (Lipinski definition) is 1. The van der Waals surface area contributed by atoms with Crippen molar-refractivity contribution in [1.29, 1.82) is 5.26 Å². The van der Waals surface area contributed by atoms with Crippen molar-refractivity contribution in [1.82, 2.24) is 14.5 Å². The van der Waals surface area contributed by atoms with Crippen molar-refractivity contribution in [3.63, 3.8) is 0 Å². The average Bonchev–Trinajstić information content (AvgIpc) is 3.40. The SMILES string of the molecule is COc1nc2ccc(C(O)(c3ccc(C#N)cc3)c3cncn3C)cc2c(Cl)c1Cc1ccc(C(F)(F)F)cc1. The minimum absolute atomic E-state index is 0.176. The lowest BCUT2D eigenvalue weighted by Crippen LogP contribution is -2.31. The second kappa shape index (κ2) is 10.3. The number of aryl methyl sites for hydroxylation is 1. The lowest BCUT2D eigenvalue weighted by atomic mass is 9.82. The summed E-state index contributed by atoms with van der Waals surface area (Å²) in [5.74, 6) is 0.249. The molecule has 0 fully saturated rings. The van der Waals surface area contributed by atoms with E-state index in [0.29, 0.717) is 49.4 Å². The normalized spacial score (nSPS) is 13.2. The Bertz CT molecular complexity index is 1740. The number of alkyl halides is 3. The number of aliphatic hydroxyl groups is 1. The first-order valence-electron chi connectivity index (χ1n) is 12.1. The minimum Gasteiger partial charge on any atom is -0.481 e. The second-order valence-corrected chi connectivity index (χ2v) is 9.68. The van der Waals surface area contributed by atoms with Gasteiger partial charge in [-0.05, 0) is 53.1 Å². The molecule has 1 atom stereocenters. The fraction of sp³-hybridized carbons (Fsp3) is 0.167. The lowest BCUT2D eigenvalue weighted by molar-refractivity contribution is -0.137. The van der Waals surface area contributed by atoms with Crippen LogP contribution in [-0.2, 0) is 25.2 Å². The van der Waals surface area contributed by atoms with Gasteiger partial charge in [-0.1, -0.05) is 41.9 Å². The van der Waals surface area contributed by atoms with E-state index in [4.69, 9.17) is 16.3 Å². The van der Waals surface area contributed by atoms with Crippen molar-refractivity contribution >= 4 is 22.5 Å². The number of nitrogens with zero attached hydrogens (tertiary/aromatic N) is 4. The van der Waals surface area contributed by atoms with E-state index in [1.807, 2.05) is 0 Å². The third-order valence-electron chi connectivity index (χ3n) is 6.87. The molecule has 3 aromatic carbocycles. The van der Waals surface area contributed by atoms with Gasteiger partial charge in [0.15, 0.2) is 5.60 Å². The smallest absolute Gasteiger partial charge is 0.416 e. The molecule has 6 nitrogen and oxygen atoms in total. The molecule has 1 N–H and O–H groups in total. The molecular formula is C30H22ClF3N4O2. The van der Waals surface area contributed by atoms with Crippen molar-refractivity contribution in [3.8, 4) is 11.9 Å². The third-order valence-corrected chi connectivity index (χ3v) is 7.30. The van der Waals surface area contributed by atoms with Gasteiger partial charge >= 0.3 is 6.18 Å². The summed E-state index contributed by atoms with van der Waals surface area (Å²) < 4.78 is 46.3. The number of aromatic nitrogens is 3. The summed E-state index contributed by atoms with van der Waals surface area (Å²) in [5, 5.41) is 22.3. The van der Waals surface area contributed by atoms with Crippen LogP contribution in [0.1, 0.15) is 39.1 Å². The van der Waals surface area contributed by atoms with E-state index in [1.165, 1.54) is 19.2 Å². The van der Waals surface area contributed by atoms with Crippen LogP contribution in [0.5, 0.6) is 5.88 Å². The first-order chi connectivity index (χ1) is 19.1. The van der Waals surface area contributed by atoms with Gasteiger partial charge in [-0.3, -0.25) is 0 Å². The van der Waals surface area contributed by atoms with E-state index >= 15 is 0 Å². The lowest BCUT2D eigenvalue weighted by Gasteiger charge is -2.30. The quantitative estimate of drug-likeness (QED) is 0.259. The topological polar surface area (TPSA) is 84.0 Å². The van der Waals surface area contributed by atoms with Gasteiger partial charge < -0.3 is 14.4 Å². The molecule has 0 amide bonds. The number of halogens is 4. The maximum atomic E-state index is 13.0. The Morgan fingerprint density at radius 3 is 2.23 bits per heavy atom. The Kier molecular flexibility index (Phi) is 7.00. The number of benzene rings is 3. The fourth-order valence-corrected chi connectivity index (χ4v) is 5.06. The highest BCUT2D eigenvalue weighted by molar-refractivity contribution is 6.36. The molecule has 5 aromatic rings. The standard InChI is InChI=1S/C30H22ClF3N4O2/c1-38-17-36-16-26(38)29(39,20-7-5-19(15-35)6-8-20)22-11-12-25-23(14-22)27(31)24(28(37-25)40-2)13-18-3-9-21(10-4-18)30(32,33)34/h3-12,14,16-17,39H,13H2,1-2H3. The largest absolute Gasteiger partial charge is 0.481 e. The van der Waals surface area contributed by atoms with Crippen molar-refractivity contribution in [2.24, 2.45) is 7.05 Å². The van der Waals surface area contributed by atoms with Gasteiger partial charge in [0.1, 0.15) is 0 Å². The van der Waals surface area contributed by atoms with E-state index in [1.54, 1.807) is 66.6 Å². The van der Waals surface area contributed by atoms with Crippen LogP contribution < -0.4 is 4.74 Å². The molecule has 0 spiro atoms. The summed E-state index contributed by atoms with van der Waals surface area (Å²) in [6.07, 6.45) is -1.12. The molecule has 5 rings (SSSR count). The van der Waals surface area contributed by atoms with Crippen LogP contribution in [0, 0.1) is 11.3 Å². The van der Waals surface area contributed by atoms with Gasteiger partial charge in [-0.25, -0.2) is 9.97 Å². The maximum Gasteiger partial charge on any atom is 0.416 e. The number of ether oxygens (including phenoxy) is 1. The van der Waals surface area contributed by atoms with E-state index in [9.17, 15) is 23.5 Å². The van der Waals surface area contributed by atoms with Crippen molar-refractivity contribution in [3.05, 3.63) is 123 Å². The monoisotopic (exact) mass is 562 g/mol. The Morgan fingerprint density at radius 2 is 1.65 bits per heavy atom. The zero-order chi connectivity index (χ0) is 28.7. The first kappa shape index (κ1) is 27.2. The molecule has 0 aliphatic carbocycles. The Hall–Kier alpha value is -4.39. The van der Waals surface area contributed by atoms with Crippen LogP contribution in [0.3, 0.4) is 0 Å². The molecule has 40 heavy (non-hydrogen) atoms. The van der Waals surface area contributed by atoms with E-state index in [-0.39, 0.29) is 12.3 Å². The van der Waals surface area contributed by atoms with Crippen molar-refractivity contribution < 1.29 is 23.0 Å². The molecule has 0 bridgehead atoms. The Morgan fingerprint density at radius 1 is 1.00 bits per heavy atom. The van der Waals surface area contributed by atoms with E-state index in [2.05, 4.69) is 16.0 Å². The molecule has 1 unspecified atom stereocenters. The number of nitriles is 1. The number of hydrogen-bond acceptors (Lipinski definition) is 5. The summed E-state index contributed by atoms with van der Waals surface area (Å²) in [7, 11) is 3.21. The highest BCUT2D eigenvalue weighted by Crippen LogP contribution is 2.41. The highest BCUT2D eigenvalue weighted by atomic mass is 35.5. The van der Waals surface area contributed by atoms with Gasteiger partial charge in [-0.15, -0.1) is 0 Å². The van der Waals surface area contributed by atoms with Crippen LogP contribution in [0.2, 0.25) is 5.02 Å². The Balaban J connectivity index is 1.65. The molecule has 0 saturated carbocycles. The molecule has 10 heteroatoms. The molecule has 0 radical (unpaired) electrons. The number of rotatable bonds is 6. The number of pyridine rings is 1. The molecule has 2 heterocycles. The molecule has 2 aromatic heterocycles. The number of fused-ring (bicyclic) bond motifs is 1. The van der Waals surface area contributed by atoms with Crippen LogP contribution >= 0.6 is 11.6 Å². The molecule has 0 saturated heterocycles. The average molecular weight is 563 g/mol. The van der Waals surface area contributed by atoms with E-state index < -0.39 is 17.3 Å². The summed E-state index contributed by atoms with van der Waals surface area (Å²) in [6.45, 7) is 0. The van der Waals surface area contributed by atoms with Gasteiger partial charge in [0, 0.05) is 24.4 Å². The summed E-state index contributed by atoms with van der Waals surface area (Å²) in [5.41, 5.74) is 1.11. The molecule has 0 aliphatic heterocycles. The fourth-order valence-electron chi connectivity index (χ4n) is 4.76. The summed E-state index contributed by atoms with van der Waals surface area (Å²) >= 11 is 6.91. The van der Waals surface area contributed by atoms with E-state index in [0.717, 1.165) is 12.1 Å². The zero-order valence-electron chi connectivity index (χ0n) is 21.4. The zero-order valence-corrected chi connectivity index (χ0v) is 22.1. The summed E-state index contributed by atoms with van der Waals surface area (Å²) in [4.78, 5) is 8.77. The number of methoxy groups -OCH3 is 1. The van der Waals surface area contributed by atoms with Crippen LogP contribution in [0.4, 0.5) is 13.2 Å². The van der Waals surface area contributed by atoms with Gasteiger partial charge in [0.05, 0.1) is 53.1 Å². The molecular weight excluding hydrogens is 541 g/mol. The highest BCUT2D eigenvalue weighted by Gasteiger charge is 2.37. The number of imidazole rings is 1. The van der Waals surface area contributed by atoms with Crippen LogP contribution in [0.25, 0.3) is 10.9 Å². The van der Waals surface area contributed by atoms with Gasteiger partial charge in [0.2, 0.25) is 5.88 Å². The van der Waals surface area contributed by atoms with Crippen LogP contribution in [-0.4, -0.2) is 26.8 Å². The second-order valence-electron chi connectivity index (χ2n) is 9.31. The van der Waals surface area contributed by atoms with Gasteiger partial charge in [-0.2, -0.15) is 18.4 Å². The van der Waals surface area contributed by atoms with Crippen molar-refractivity contribution in [2.75, 3.05) is 7.11 Å². The first-order valence-corrected chi connectivity index (χ1v) is 12.5. The predicted octanol–water partition coefficient (Wildman–Crippen LogP) is 6.40. The van der Waals surface area contributed by atoms with Gasteiger partial charge in [0.25, 0.3) is 0 Å². The molecule has 0 aliphatic rings. The predicted molar refractivity (Wildman–Crippen MR) is 144 cm³/mol. The maximum absolute atomic E-state index is 13.0. The molecule has 202 valence electrons. The van der Waals surface area contributed by atoms with Crippen molar-refractivity contribution in [2.45, 2.75) is 18.2 Å². The summed E-state index contributed by atoms with van der Waals surface area (Å²) in [6, 6.07) is 18.7.